The number of benzene rings is 1. The van der Waals surface area contributed by atoms with Gasteiger partial charge in [-0.15, -0.1) is 0 Å². The number of nitrogens with one attached hydrogen (secondary N) is 1. The first kappa shape index (κ1) is 13.5. The van der Waals surface area contributed by atoms with Gasteiger partial charge in [-0.05, 0) is 31.9 Å². The van der Waals surface area contributed by atoms with Gasteiger partial charge in [-0.25, -0.2) is 0 Å². The molecular weight excluding hydrogens is 248 g/mol. The molecule has 1 aliphatic rings. The first-order chi connectivity index (χ1) is 8.96. The van der Waals surface area contributed by atoms with Crippen LogP contribution < -0.4 is 5.32 Å². The molecule has 0 bridgehead atoms. The number of carboxylic acid groups (broad SMARTS) is 1. The van der Waals surface area contributed by atoms with Crippen molar-refractivity contribution in [1.82, 2.24) is 5.32 Å². The van der Waals surface area contributed by atoms with Crippen LogP contribution in [-0.4, -0.2) is 28.1 Å². The molecule has 6 heteroatoms. The fraction of sp³-hybridized carbons (Fsp3) is 0.462. The Morgan fingerprint density at radius 1 is 1.58 bits per heavy atom. The van der Waals surface area contributed by atoms with Crippen LogP contribution in [0.4, 0.5) is 5.69 Å². The highest BCUT2D eigenvalue weighted by atomic mass is 16.6. The van der Waals surface area contributed by atoms with Gasteiger partial charge in [-0.2, -0.15) is 0 Å². The Morgan fingerprint density at radius 2 is 2.32 bits per heavy atom. The van der Waals surface area contributed by atoms with Crippen molar-refractivity contribution in [1.29, 1.82) is 0 Å². The van der Waals surface area contributed by atoms with Crippen LogP contribution in [0.25, 0.3) is 0 Å². The van der Waals surface area contributed by atoms with E-state index in [2.05, 4.69) is 5.32 Å². The van der Waals surface area contributed by atoms with Crippen LogP contribution in [0, 0.1) is 17.0 Å². The second kappa shape index (κ2) is 4.97. The molecule has 1 unspecified atom stereocenters. The molecule has 0 aromatic heterocycles. The van der Waals surface area contributed by atoms with Gasteiger partial charge in [0.05, 0.1) is 4.92 Å². The van der Waals surface area contributed by atoms with Crippen LogP contribution in [0.2, 0.25) is 0 Å². The third kappa shape index (κ3) is 2.44. The Bertz CT molecular complexity index is 521. The average Bonchev–Trinajstić information content (AvgIpc) is 2.81. The molecule has 2 N–H and O–H groups in total. The maximum Gasteiger partial charge on any atom is 0.324 e. The van der Waals surface area contributed by atoms with Gasteiger partial charge in [0, 0.05) is 18.1 Å². The van der Waals surface area contributed by atoms with Crippen LogP contribution >= 0.6 is 0 Å². The van der Waals surface area contributed by atoms with Crippen molar-refractivity contribution in [2.45, 2.75) is 31.7 Å². The molecule has 1 aromatic carbocycles. The molecule has 19 heavy (non-hydrogen) atoms. The van der Waals surface area contributed by atoms with Crippen molar-refractivity contribution in [3.8, 4) is 0 Å². The standard InChI is InChI=1S/C13H16N2O4/c1-9-10(4-2-5-11(9)15(18)19)8-13(12(16)17)6-3-7-14-13/h2,4-5,14H,3,6-8H2,1H3,(H,16,17). The molecule has 0 saturated carbocycles. The molecule has 102 valence electrons. The Morgan fingerprint density at radius 3 is 2.84 bits per heavy atom. The van der Waals surface area contributed by atoms with Crippen LogP contribution in [0.3, 0.4) is 0 Å². The number of nitro benzene ring substituents is 1. The first-order valence-electron chi connectivity index (χ1n) is 6.17. The van der Waals surface area contributed by atoms with Gasteiger partial charge in [0.25, 0.3) is 5.69 Å². The van der Waals surface area contributed by atoms with Crippen LogP contribution in [0.15, 0.2) is 18.2 Å². The highest BCUT2D eigenvalue weighted by Crippen LogP contribution is 2.29. The number of carboxylic acids is 1. The van der Waals surface area contributed by atoms with Gasteiger partial charge in [-0.1, -0.05) is 12.1 Å². The maximum absolute atomic E-state index is 11.5. The number of aliphatic carboxylic acids is 1. The summed E-state index contributed by atoms with van der Waals surface area (Å²) in [6.45, 7) is 2.33. The topological polar surface area (TPSA) is 92.5 Å². The molecule has 1 atom stereocenters. The number of nitrogens with zero attached hydrogens (tertiary/aromatic N) is 1. The Hall–Kier alpha value is -1.95. The lowest BCUT2D eigenvalue weighted by atomic mass is 9.87. The largest absolute Gasteiger partial charge is 0.480 e. The van der Waals surface area contributed by atoms with Gasteiger partial charge in [-0.3, -0.25) is 14.9 Å². The Balaban J connectivity index is 2.35. The van der Waals surface area contributed by atoms with Crippen LogP contribution in [0.1, 0.15) is 24.0 Å². The van der Waals surface area contributed by atoms with Gasteiger partial charge >= 0.3 is 5.97 Å². The highest BCUT2D eigenvalue weighted by molar-refractivity contribution is 5.80. The van der Waals surface area contributed by atoms with Gasteiger partial charge in [0.15, 0.2) is 0 Å². The molecule has 2 rings (SSSR count). The number of hydrogen-bond acceptors (Lipinski definition) is 4. The zero-order chi connectivity index (χ0) is 14.0. The lowest BCUT2D eigenvalue weighted by molar-refractivity contribution is -0.385. The van der Waals surface area contributed by atoms with Gasteiger partial charge < -0.3 is 10.4 Å². The molecule has 1 saturated heterocycles. The SMILES string of the molecule is Cc1c(CC2(C(=O)O)CCCN2)cccc1[N+](=O)[O-]. The molecule has 1 heterocycles. The van der Waals surface area contributed by atoms with E-state index in [0.717, 1.165) is 6.42 Å². The molecule has 1 aromatic rings. The van der Waals surface area contributed by atoms with Crippen molar-refractivity contribution in [2.75, 3.05) is 6.54 Å². The van der Waals surface area contributed by atoms with E-state index in [4.69, 9.17) is 0 Å². The summed E-state index contributed by atoms with van der Waals surface area (Å²) in [6.07, 6.45) is 1.63. The summed E-state index contributed by atoms with van der Waals surface area (Å²) in [5, 5.41) is 23.3. The molecular formula is C13H16N2O4. The summed E-state index contributed by atoms with van der Waals surface area (Å²) in [5.41, 5.74) is 0.309. The number of hydrogen-bond donors (Lipinski definition) is 2. The van der Waals surface area contributed by atoms with E-state index in [1.807, 2.05) is 0 Å². The summed E-state index contributed by atoms with van der Waals surface area (Å²) in [4.78, 5) is 21.9. The predicted octanol–water partition coefficient (Wildman–Crippen LogP) is 1.65. The Labute approximate surface area is 110 Å². The molecule has 0 radical (unpaired) electrons. The minimum absolute atomic E-state index is 0.0380. The zero-order valence-corrected chi connectivity index (χ0v) is 10.7. The van der Waals surface area contributed by atoms with Gasteiger partial charge in [0.2, 0.25) is 0 Å². The summed E-state index contributed by atoms with van der Waals surface area (Å²) < 4.78 is 0. The third-order valence-electron chi connectivity index (χ3n) is 3.76. The molecule has 0 spiro atoms. The number of carbonyl (C=O) groups is 1. The van der Waals surface area contributed by atoms with E-state index >= 15 is 0 Å². The molecule has 0 aliphatic carbocycles. The summed E-state index contributed by atoms with van der Waals surface area (Å²) in [6, 6.07) is 4.80. The summed E-state index contributed by atoms with van der Waals surface area (Å²) in [7, 11) is 0. The van der Waals surface area contributed by atoms with E-state index < -0.39 is 16.4 Å². The van der Waals surface area contributed by atoms with Crippen molar-refractivity contribution < 1.29 is 14.8 Å². The highest BCUT2D eigenvalue weighted by Gasteiger charge is 2.41. The molecule has 1 fully saturated rings. The fourth-order valence-corrected chi connectivity index (χ4v) is 2.60. The van der Waals surface area contributed by atoms with Crippen molar-refractivity contribution in [3.05, 3.63) is 39.4 Å². The van der Waals surface area contributed by atoms with E-state index in [9.17, 15) is 20.0 Å². The minimum Gasteiger partial charge on any atom is -0.480 e. The van der Waals surface area contributed by atoms with E-state index in [-0.39, 0.29) is 12.1 Å². The number of rotatable bonds is 4. The van der Waals surface area contributed by atoms with Gasteiger partial charge in [0.1, 0.15) is 5.54 Å². The van der Waals surface area contributed by atoms with E-state index in [0.29, 0.717) is 24.1 Å². The fourth-order valence-electron chi connectivity index (χ4n) is 2.60. The second-order valence-corrected chi connectivity index (χ2v) is 4.91. The molecule has 1 aliphatic heterocycles. The Kier molecular flexibility index (Phi) is 3.53. The lowest BCUT2D eigenvalue weighted by Gasteiger charge is -2.25. The van der Waals surface area contributed by atoms with E-state index in [1.165, 1.54) is 6.07 Å². The minimum atomic E-state index is -0.986. The monoisotopic (exact) mass is 264 g/mol. The number of nitro groups is 1. The van der Waals surface area contributed by atoms with Crippen molar-refractivity contribution >= 4 is 11.7 Å². The maximum atomic E-state index is 11.5. The van der Waals surface area contributed by atoms with Crippen LogP contribution in [0.5, 0.6) is 0 Å². The molecule has 0 amide bonds. The zero-order valence-electron chi connectivity index (χ0n) is 10.7. The van der Waals surface area contributed by atoms with Crippen molar-refractivity contribution in [3.63, 3.8) is 0 Å². The van der Waals surface area contributed by atoms with E-state index in [1.54, 1.807) is 19.1 Å². The lowest BCUT2D eigenvalue weighted by Crippen LogP contribution is -2.49. The normalized spacial score (nSPS) is 22.4. The third-order valence-corrected chi connectivity index (χ3v) is 3.76. The smallest absolute Gasteiger partial charge is 0.324 e. The summed E-state index contributed by atoms with van der Waals surface area (Å²) in [5.74, 6) is -0.893. The predicted molar refractivity (Wildman–Crippen MR) is 69.1 cm³/mol. The first-order valence-corrected chi connectivity index (χ1v) is 6.17. The quantitative estimate of drug-likeness (QED) is 0.637. The van der Waals surface area contributed by atoms with Crippen molar-refractivity contribution in [2.24, 2.45) is 0 Å². The average molecular weight is 264 g/mol. The summed E-state index contributed by atoms with van der Waals surface area (Å²) >= 11 is 0. The van der Waals surface area contributed by atoms with Crippen LogP contribution in [-0.2, 0) is 11.2 Å². The molecule has 6 nitrogen and oxygen atoms in total. The second-order valence-electron chi connectivity index (χ2n) is 4.91.